The van der Waals surface area contributed by atoms with Gasteiger partial charge >= 0.3 is 5.97 Å². The van der Waals surface area contributed by atoms with E-state index in [9.17, 15) is 9.59 Å². The number of benzene rings is 3. The van der Waals surface area contributed by atoms with Gasteiger partial charge in [0.2, 0.25) is 5.91 Å². The molecule has 0 saturated carbocycles. The minimum atomic E-state index is -0.413. The third-order valence-electron chi connectivity index (χ3n) is 5.23. The van der Waals surface area contributed by atoms with Gasteiger partial charge in [-0.15, -0.1) is 0 Å². The highest BCUT2D eigenvalue weighted by molar-refractivity contribution is 6.10. The Morgan fingerprint density at radius 2 is 1.65 bits per heavy atom. The second-order valence-corrected chi connectivity index (χ2v) is 7.16. The van der Waals surface area contributed by atoms with Crippen LogP contribution in [-0.2, 0) is 16.1 Å². The predicted molar refractivity (Wildman–Crippen MR) is 125 cm³/mol. The van der Waals surface area contributed by atoms with Crippen LogP contribution in [0.5, 0.6) is 0 Å². The van der Waals surface area contributed by atoms with Gasteiger partial charge in [0.05, 0.1) is 18.7 Å². The fourth-order valence-corrected chi connectivity index (χ4v) is 3.88. The third-order valence-corrected chi connectivity index (χ3v) is 5.23. The van der Waals surface area contributed by atoms with Crippen molar-refractivity contribution in [2.45, 2.75) is 20.4 Å². The molecule has 0 saturated heterocycles. The minimum Gasteiger partial charge on any atom is -0.462 e. The largest absolute Gasteiger partial charge is 0.462 e. The molecule has 6 heteroatoms. The van der Waals surface area contributed by atoms with E-state index in [1.54, 1.807) is 31.2 Å². The summed E-state index contributed by atoms with van der Waals surface area (Å²) in [5.41, 5.74) is 4.03. The number of amides is 1. The van der Waals surface area contributed by atoms with Crippen molar-refractivity contribution >= 4 is 45.1 Å². The third kappa shape index (κ3) is 4.10. The van der Waals surface area contributed by atoms with Gasteiger partial charge in [-0.2, -0.15) is 0 Å². The molecule has 4 rings (SSSR count). The van der Waals surface area contributed by atoms with E-state index in [4.69, 9.17) is 4.74 Å². The zero-order valence-electron chi connectivity index (χ0n) is 17.6. The summed E-state index contributed by atoms with van der Waals surface area (Å²) in [7, 11) is 0. The van der Waals surface area contributed by atoms with Gasteiger partial charge in [0, 0.05) is 39.7 Å². The van der Waals surface area contributed by atoms with Crippen molar-refractivity contribution in [1.82, 2.24) is 4.57 Å². The van der Waals surface area contributed by atoms with E-state index >= 15 is 0 Å². The number of para-hydroxylation sites is 2. The van der Waals surface area contributed by atoms with Crippen LogP contribution in [0.3, 0.4) is 0 Å². The van der Waals surface area contributed by atoms with Crippen molar-refractivity contribution in [2.75, 3.05) is 23.8 Å². The Morgan fingerprint density at radius 1 is 0.903 bits per heavy atom. The average molecular weight is 415 g/mol. The maximum absolute atomic E-state index is 12.6. The van der Waals surface area contributed by atoms with Crippen LogP contribution < -0.4 is 10.6 Å². The van der Waals surface area contributed by atoms with E-state index in [1.807, 2.05) is 30.3 Å². The van der Waals surface area contributed by atoms with Crippen LogP contribution >= 0.6 is 0 Å². The summed E-state index contributed by atoms with van der Waals surface area (Å²) in [4.78, 5) is 24.7. The first kappa shape index (κ1) is 20.5. The van der Waals surface area contributed by atoms with E-state index in [-0.39, 0.29) is 12.5 Å². The minimum absolute atomic E-state index is 0.0329. The van der Waals surface area contributed by atoms with Crippen molar-refractivity contribution in [1.29, 1.82) is 0 Å². The van der Waals surface area contributed by atoms with E-state index in [0.717, 1.165) is 28.5 Å². The molecule has 0 unspecified atom stereocenters. The molecule has 0 aliphatic heterocycles. The number of rotatable bonds is 7. The fourth-order valence-electron chi connectivity index (χ4n) is 3.88. The lowest BCUT2D eigenvalue weighted by Crippen LogP contribution is -2.22. The smallest absolute Gasteiger partial charge is 0.340 e. The second-order valence-electron chi connectivity index (χ2n) is 7.16. The number of carbonyl (C=O) groups is 2. The average Bonchev–Trinajstić information content (AvgIpc) is 3.11. The van der Waals surface area contributed by atoms with Gasteiger partial charge in [-0.25, -0.2) is 4.79 Å². The van der Waals surface area contributed by atoms with Gasteiger partial charge in [0.1, 0.15) is 0 Å². The lowest BCUT2D eigenvalue weighted by atomic mass is 10.1. The molecule has 0 atom stereocenters. The molecule has 1 heterocycles. The monoisotopic (exact) mass is 415 g/mol. The number of anilines is 2. The molecule has 0 bridgehead atoms. The number of esters is 1. The molecule has 2 N–H and O–H groups in total. The Kier molecular flexibility index (Phi) is 5.89. The fraction of sp³-hybridized carbons (Fsp3) is 0.200. The van der Waals surface area contributed by atoms with Crippen molar-refractivity contribution in [3.8, 4) is 0 Å². The number of aromatic nitrogens is 1. The molecular formula is C25H25N3O3. The topological polar surface area (TPSA) is 72.4 Å². The number of hydrogen-bond donors (Lipinski definition) is 2. The van der Waals surface area contributed by atoms with Gasteiger partial charge in [-0.1, -0.05) is 30.3 Å². The first-order valence-corrected chi connectivity index (χ1v) is 10.4. The van der Waals surface area contributed by atoms with E-state index in [1.165, 1.54) is 5.52 Å². The van der Waals surface area contributed by atoms with Crippen LogP contribution in [0, 0.1) is 0 Å². The van der Waals surface area contributed by atoms with E-state index < -0.39 is 5.97 Å². The maximum Gasteiger partial charge on any atom is 0.340 e. The Balaban J connectivity index is 1.51. The number of carbonyl (C=O) groups excluding carboxylic acids is 2. The van der Waals surface area contributed by atoms with Crippen LogP contribution in [0.25, 0.3) is 21.8 Å². The Hall–Kier alpha value is -3.80. The van der Waals surface area contributed by atoms with Crippen LogP contribution in [-0.4, -0.2) is 29.6 Å². The van der Waals surface area contributed by atoms with Crippen molar-refractivity contribution in [3.63, 3.8) is 0 Å². The summed E-state index contributed by atoms with van der Waals surface area (Å²) >= 11 is 0. The Labute approximate surface area is 180 Å². The molecule has 1 aromatic heterocycles. The highest BCUT2D eigenvalue weighted by Crippen LogP contribution is 2.31. The van der Waals surface area contributed by atoms with Crippen LogP contribution in [0.4, 0.5) is 11.4 Å². The molecule has 0 spiro atoms. The molecule has 31 heavy (non-hydrogen) atoms. The lowest BCUT2D eigenvalue weighted by Gasteiger charge is -2.12. The quantitative estimate of drug-likeness (QED) is 0.415. The number of aryl methyl sites for hydroxylation is 1. The molecular weight excluding hydrogens is 390 g/mol. The van der Waals surface area contributed by atoms with Crippen molar-refractivity contribution < 1.29 is 14.3 Å². The summed E-state index contributed by atoms with van der Waals surface area (Å²) in [6.07, 6.45) is 0. The number of nitrogens with zero attached hydrogens (tertiary/aromatic N) is 1. The predicted octanol–water partition coefficient (Wildman–Crippen LogP) is 5.04. The summed E-state index contributed by atoms with van der Waals surface area (Å²) < 4.78 is 7.34. The number of nitrogens with one attached hydrogen (secondary N) is 2. The number of ether oxygens (including phenoxy) is 1. The Morgan fingerprint density at radius 3 is 2.45 bits per heavy atom. The lowest BCUT2D eigenvalue weighted by molar-refractivity contribution is -0.114. The normalized spacial score (nSPS) is 10.9. The summed E-state index contributed by atoms with van der Waals surface area (Å²) in [5, 5.41) is 8.25. The van der Waals surface area contributed by atoms with Gasteiger partial charge < -0.3 is 19.9 Å². The molecule has 158 valence electrons. The molecule has 0 radical (unpaired) electrons. The van der Waals surface area contributed by atoms with Crippen molar-refractivity contribution in [2.24, 2.45) is 0 Å². The zero-order valence-corrected chi connectivity index (χ0v) is 17.6. The molecule has 4 aromatic rings. The first-order valence-electron chi connectivity index (χ1n) is 10.4. The molecule has 1 amide bonds. The standard InChI is InChI=1S/C25H25N3O3/c1-3-28-22-12-8-6-9-18(22)20-15-17(13-14-23(20)28)27-24(29)16-26-21-11-7-5-10-19(21)25(30)31-4-2/h5-15,26H,3-4,16H2,1-2H3,(H,27,29). The SMILES string of the molecule is CCOC(=O)c1ccccc1NCC(=O)Nc1ccc2c(c1)c1ccccc1n2CC. The van der Waals surface area contributed by atoms with E-state index in [2.05, 4.69) is 34.3 Å². The molecule has 3 aromatic carbocycles. The number of fused-ring (bicyclic) bond motifs is 3. The van der Waals surface area contributed by atoms with Crippen LogP contribution in [0.2, 0.25) is 0 Å². The van der Waals surface area contributed by atoms with Gasteiger partial charge in [0.15, 0.2) is 0 Å². The van der Waals surface area contributed by atoms with Crippen LogP contribution in [0.1, 0.15) is 24.2 Å². The highest BCUT2D eigenvalue weighted by atomic mass is 16.5. The van der Waals surface area contributed by atoms with Gasteiger partial charge in [0.25, 0.3) is 0 Å². The maximum atomic E-state index is 12.6. The zero-order chi connectivity index (χ0) is 21.8. The van der Waals surface area contributed by atoms with Crippen molar-refractivity contribution in [3.05, 3.63) is 72.3 Å². The van der Waals surface area contributed by atoms with Gasteiger partial charge in [-0.05, 0) is 50.2 Å². The summed E-state index contributed by atoms with van der Waals surface area (Å²) in [5.74, 6) is -0.610. The first-order chi connectivity index (χ1) is 15.1. The highest BCUT2D eigenvalue weighted by Gasteiger charge is 2.14. The molecule has 0 aliphatic rings. The molecule has 6 nitrogen and oxygen atoms in total. The van der Waals surface area contributed by atoms with Crippen LogP contribution in [0.15, 0.2) is 66.7 Å². The molecule has 0 fully saturated rings. The Bertz CT molecular complexity index is 1260. The summed E-state index contributed by atoms with van der Waals surface area (Å²) in [6, 6.07) is 21.2. The summed E-state index contributed by atoms with van der Waals surface area (Å²) in [6.45, 7) is 5.09. The van der Waals surface area contributed by atoms with E-state index in [0.29, 0.717) is 17.9 Å². The molecule has 0 aliphatic carbocycles. The second kappa shape index (κ2) is 8.92. The van der Waals surface area contributed by atoms with Gasteiger partial charge in [-0.3, -0.25) is 4.79 Å². The number of hydrogen-bond acceptors (Lipinski definition) is 4.